The summed E-state index contributed by atoms with van der Waals surface area (Å²) in [7, 11) is 3.11. The number of carbonyl (C=O) groups is 3. The van der Waals surface area contributed by atoms with Crippen LogP contribution in [0.2, 0.25) is 0 Å². The lowest BCUT2D eigenvalue weighted by molar-refractivity contribution is -0.138. The number of hydrogen-bond acceptors (Lipinski definition) is 6. The number of imide groups is 1. The van der Waals surface area contributed by atoms with E-state index in [9.17, 15) is 14.4 Å². The molecule has 2 aliphatic heterocycles. The largest absolute Gasteiger partial charge is 0.493 e. The lowest BCUT2D eigenvalue weighted by atomic mass is 10.1. The van der Waals surface area contributed by atoms with Crippen molar-refractivity contribution in [3.05, 3.63) is 23.8 Å². The zero-order valence-electron chi connectivity index (χ0n) is 16.1. The lowest BCUT2D eigenvalue weighted by Gasteiger charge is -2.27. The molecule has 2 aliphatic rings. The summed E-state index contributed by atoms with van der Waals surface area (Å²) in [5.74, 6) is 0.685. The van der Waals surface area contributed by atoms with Crippen molar-refractivity contribution in [2.75, 3.05) is 47.1 Å². The van der Waals surface area contributed by atoms with Gasteiger partial charge in [-0.05, 0) is 24.1 Å². The summed E-state index contributed by atoms with van der Waals surface area (Å²) in [4.78, 5) is 40.0. The first-order valence-electron chi connectivity index (χ1n) is 9.21. The molecule has 2 saturated heterocycles. The molecule has 0 bridgehead atoms. The second-order valence-electron chi connectivity index (χ2n) is 6.63. The van der Waals surface area contributed by atoms with Gasteiger partial charge < -0.3 is 24.4 Å². The molecule has 1 unspecified atom stereocenters. The summed E-state index contributed by atoms with van der Waals surface area (Å²) in [6.45, 7) is 2.23. The Morgan fingerprint density at radius 2 is 1.89 bits per heavy atom. The lowest BCUT2D eigenvalue weighted by Crippen LogP contribution is -2.44. The molecule has 28 heavy (non-hydrogen) atoms. The Balaban J connectivity index is 1.57. The maximum Gasteiger partial charge on any atom is 0.324 e. The Morgan fingerprint density at radius 3 is 2.57 bits per heavy atom. The molecule has 1 aromatic carbocycles. The standard InChI is InChI=1S/C19H25N3O6/c1-26-15-4-3-13(11-16(15)27-2)5-6-22-18(24)14(20-19(22)25)12-17(23)21-7-9-28-10-8-21/h3-4,11,14H,5-10,12H2,1-2H3,(H,20,25). The van der Waals surface area contributed by atoms with E-state index in [-0.39, 0.29) is 24.8 Å². The third-order valence-electron chi connectivity index (χ3n) is 4.92. The summed E-state index contributed by atoms with van der Waals surface area (Å²) in [5, 5.41) is 2.61. The fourth-order valence-electron chi connectivity index (χ4n) is 3.32. The van der Waals surface area contributed by atoms with Crippen LogP contribution in [-0.4, -0.2) is 80.8 Å². The molecular formula is C19H25N3O6. The summed E-state index contributed by atoms with van der Waals surface area (Å²) < 4.78 is 15.7. The highest BCUT2D eigenvalue weighted by Gasteiger charge is 2.39. The van der Waals surface area contributed by atoms with Crippen molar-refractivity contribution in [2.45, 2.75) is 18.9 Å². The molecule has 0 radical (unpaired) electrons. The highest BCUT2D eigenvalue weighted by Crippen LogP contribution is 2.28. The topological polar surface area (TPSA) is 97.4 Å². The van der Waals surface area contributed by atoms with Crippen molar-refractivity contribution >= 4 is 17.8 Å². The van der Waals surface area contributed by atoms with Crippen LogP contribution in [0.15, 0.2) is 18.2 Å². The molecule has 3 rings (SSSR count). The zero-order chi connectivity index (χ0) is 20.1. The summed E-state index contributed by atoms with van der Waals surface area (Å²) in [6.07, 6.45) is 0.446. The van der Waals surface area contributed by atoms with Gasteiger partial charge in [0.15, 0.2) is 11.5 Å². The first-order valence-corrected chi connectivity index (χ1v) is 9.21. The average Bonchev–Trinajstić information content (AvgIpc) is 2.99. The number of hydrogen-bond donors (Lipinski definition) is 1. The number of urea groups is 1. The molecule has 1 N–H and O–H groups in total. The van der Waals surface area contributed by atoms with Crippen LogP contribution in [0, 0.1) is 0 Å². The summed E-state index contributed by atoms with van der Waals surface area (Å²) >= 11 is 0. The van der Waals surface area contributed by atoms with E-state index in [1.807, 2.05) is 12.1 Å². The van der Waals surface area contributed by atoms with E-state index in [2.05, 4.69) is 5.32 Å². The molecule has 1 atom stereocenters. The van der Waals surface area contributed by atoms with Crippen molar-refractivity contribution in [3.8, 4) is 11.5 Å². The predicted molar refractivity (Wildman–Crippen MR) is 99.3 cm³/mol. The van der Waals surface area contributed by atoms with E-state index in [1.54, 1.807) is 25.2 Å². The quantitative estimate of drug-likeness (QED) is 0.677. The number of amides is 4. The van der Waals surface area contributed by atoms with Gasteiger partial charge in [0.1, 0.15) is 6.04 Å². The second kappa shape index (κ2) is 8.92. The number of morpholine rings is 1. The monoisotopic (exact) mass is 391 g/mol. The highest BCUT2D eigenvalue weighted by atomic mass is 16.5. The van der Waals surface area contributed by atoms with Gasteiger partial charge in [0.25, 0.3) is 5.91 Å². The van der Waals surface area contributed by atoms with Gasteiger partial charge in [-0.15, -0.1) is 0 Å². The van der Waals surface area contributed by atoms with Gasteiger partial charge in [-0.2, -0.15) is 0 Å². The van der Waals surface area contributed by atoms with Crippen LogP contribution in [0.4, 0.5) is 4.79 Å². The van der Waals surface area contributed by atoms with Gasteiger partial charge in [0.2, 0.25) is 5.91 Å². The van der Waals surface area contributed by atoms with E-state index in [0.717, 1.165) is 10.5 Å². The Kier molecular flexibility index (Phi) is 6.35. The van der Waals surface area contributed by atoms with E-state index in [1.165, 1.54) is 0 Å². The second-order valence-corrected chi connectivity index (χ2v) is 6.63. The Bertz CT molecular complexity index is 747. The number of methoxy groups -OCH3 is 2. The maximum atomic E-state index is 12.6. The molecule has 0 saturated carbocycles. The molecule has 9 heteroatoms. The normalized spacial score (nSPS) is 19.6. The van der Waals surface area contributed by atoms with Gasteiger partial charge >= 0.3 is 6.03 Å². The summed E-state index contributed by atoms with van der Waals surface area (Å²) in [5.41, 5.74) is 0.908. The summed E-state index contributed by atoms with van der Waals surface area (Å²) in [6, 6.07) is 4.18. The van der Waals surface area contributed by atoms with Crippen LogP contribution < -0.4 is 14.8 Å². The molecule has 0 aromatic heterocycles. The Hall–Kier alpha value is -2.81. The van der Waals surface area contributed by atoms with Crippen molar-refractivity contribution in [1.82, 2.24) is 15.1 Å². The average molecular weight is 391 g/mol. The Labute approximate surface area is 163 Å². The number of rotatable bonds is 7. The molecule has 9 nitrogen and oxygen atoms in total. The number of nitrogens with one attached hydrogen (secondary N) is 1. The van der Waals surface area contributed by atoms with Crippen molar-refractivity contribution < 1.29 is 28.6 Å². The molecule has 1 aromatic rings. The zero-order valence-corrected chi connectivity index (χ0v) is 16.1. The van der Waals surface area contributed by atoms with Crippen LogP contribution in [0.1, 0.15) is 12.0 Å². The number of benzene rings is 1. The minimum absolute atomic E-state index is 0.0303. The molecule has 2 heterocycles. The van der Waals surface area contributed by atoms with E-state index < -0.39 is 12.1 Å². The van der Waals surface area contributed by atoms with E-state index in [0.29, 0.717) is 44.2 Å². The minimum Gasteiger partial charge on any atom is -0.493 e. The number of ether oxygens (including phenoxy) is 3. The van der Waals surface area contributed by atoms with Crippen LogP contribution in [-0.2, 0) is 20.7 Å². The van der Waals surface area contributed by atoms with E-state index >= 15 is 0 Å². The van der Waals surface area contributed by atoms with Crippen LogP contribution in [0.25, 0.3) is 0 Å². The Morgan fingerprint density at radius 1 is 1.18 bits per heavy atom. The van der Waals surface area contributed by atoms with Gasteiger partial charge in [-0.1, -0.05) is 6.07 Å². The van der Waals surface area contributed by atoms with Crippen LogP contribution >= 0.6 is 0 Å². The van der Waals surface area contributed by atoms with Crippen LogP contribution in [0.3, 0.4) is 0 Å². The fourth-order valence-corrected chi connectivity index (χ4v) is 3.32. The molecule has 4 amide bonds. The van der Waals surface area contributed by atoms with Gasteiger partial charge in [0.05, 0.1) is 33.9 Å². The molecular weight excluding hydrogens is 366 g/mol. The molecule has 2 fully saturated rings. The smallest absolute Gasteiger partial charge is 0.324 e. The van der Waals surface area contributed by atoms with Gasteiger partial charge in [-0.3, -0.25) is 14.5 Å². The predicted octanol–water partition coefficient (Wildman–Crippen LogP) is 0.416. The van der Waals surface area contributed by atoms with Crippen molar-refractivity contribution in [1.29, 1.82) is 0 Å². The fraction of sp³-hybridized carbons (Fsp3) is 0.526. The minimum atomic E-state index is -0.812. The highest BCUT2D eigenvalue weighted by molar-refractivity contribution is 6.05. The SMILES string of the molecule is COc1ccc(CCN2C(=O)NC(CC(=O)N3CCOCC3)C2=O)cc1OC. The maximum absolute atomic E-state index is 12.6. The number of nitrogens with zero attached hydrogens (tertiary/aromatic N) is 2. The van der Waals surface area contributed by atoms with Crippen molar-refractivity contribution in [3.63, 3.8) is 0 Å². The third-order valence-corrected chi connectivity index (χ3v) is 4.92. The molecule has 0 spiro atoms. The number of carbonyl (C=O) groups excluding carboxylic acids is 3. The third kappa shape index (κ3) is 4.36. The first kappa shape index (κ1) is 19.9. The molecule has 0 aliphatic carbocycles. The van der Waals surface area contributed by atoms with Crippen LogP contribution in [0.5, 0.6) is 11.5 Å². The van der Waals surface area contributed by atoms with Crippen molar-refractivity contribution in [2.24, 2.45) is 0 Å². The first-order chi connectivity index (χ1) is 13.5. The van der Waals surface area contributed by atoms with E-state index in [4.69, 9.17) is 14.2 Å². The van der Waals surface area contributed by atoms with Gasteiger partial charge in [0, 0.05) is 19.6 Å². The molecule has 152 valence electrons. The van der Waals surface area contributed by atoms with Gasteiger partial charge in [-0.25, -0.2) is 4.79 Å².